The molecule has 12 rings (SSSR count). The summed E-state index contributed by atoms with van der Waals surface area (Å²) in [7, 11) is 0. The second-order valence-electron chi connectivity index (χ2n) is 16.8. The second kappa shape index (κ2) is 13.7. The molecule has 0 bridgehead atoms. The van der Waals surface area contributed by atoms with Gasteiger partial charge < -0.3 is 9.32 Å². The van der Waals surface area contributed by atoms with E-state index in [1.165, 1.54) is 77.2 Å². The molecule has 288 valence electrons. The van der Waals surface area contributed by atoms with E-state index >= 15 is 0 Å². The van der Waals surface area contributed by atoms with Gasteiger partial charge in [0.15, 0.2) is 0 Å². The van der Waals surface area contributed by atoms with Gasteiger partial charge in [0.1, 0.15) is 11.2 Å². The molecule has 0 N–H and O–H groups in total. The number of furan rings is 1. The summed E-state index contributed by atoms with van der Waals surface area (Å²) in [6.07, 6.45) is 0. The number of fused-ring (bicyclic) bond motifs is 9. The summed E-state index contributed by atoms with van der Waals surface area (Å²) in [6, 6.07) is 77.4. The summed E-state index contributed by atoms with van der Waals surface area (Å²) in [6.45, 7) is 4.69. The highest BCUT2D eigenvalue weighted by atomic mass is 16.3. The quantitative estimate of drug-likeness (QED) is 0.167. The predicted octanol–water partition coefficient (Wildman–Crippen LogP) is 16.7. The fourth-order valence-electron chi connectivity index (χ4n) is 10.1. The maximum atomic E-state index is 6.36. The molecule has 0 radical (unpaired) electrons. The average Bonchev–Trinajstić information content (AvgIpc) is 3.82. The molecule has 0 fully saturated rings. The van der Waals surface area contributed by atoms with Crippen molar-refractivity contribution in [3.05, 3.63) is 223 Å². The number of nitrogens with zero attached hydrogens (tertiary/aromatic N) is 1. The fraction of sp³-hybridized carbons (Fsp3) is 0.0508. The Kier molecular flexibility index (Phi) is 7.92. The summed E-state index contributed by atoms with van der Waals surface area (Å²) in [5.74, 6) is 0. The van der Waals surface area contributed by atoms with Gasteiger partial charge in [-0.05, 0) is 126 Å². The molecule has 0 aliphatic heterocycles. The number of hydrogen-bond donors (Lipinski definition) is 0. The van der Waals surface area contributed by atoms with E-state index < -0.39 is 0 Å². The normalized spacial score (nSPS) is 12.9. The van der Waals surface area contributed by atoms with Crippen LogP contribution in [0.3, 0.4) is 0 Å². The summed E-state index contributed by atoms with van der Waals surface area (Å²) in [4.78, 5) is 2.39. The molecule has 0 spiro atoms. The van der Waals surface area contributed by atoms with Crippen molar-refractivity contribution in [2.24, 2.45) is 0 Å². The van der Waals surface area contributed by atoms with Gasteiger partial charge in [-0.25, -0.2) is 0 Å². The maximum Gasteiger partial charge on any atom is 0.136 e. The van der Waals surface area contributed by atoms with Gasteiger partial charge in [0.25, 0.3) is 0 Å². The first-order valence-corrected chi connectivity index (χ1v) is 21.2. The van der Waals surface area contributed by atoms with E-state index in [9.17, 15) is 0 Å². The van der Waals surface area contributed by atoms with Crippen LogP contribution in [0.1, 0.15) is 25.0 Å². The van der Waals surface area contributed by atoms with E-state index in [0.29, 0.717) is 0 Å². The van der Waals surface area contributed by atoms with E-state index in [4.69, 9.17) is 4.42 Å². The van der Waals surface area contributed by atoms with Gasteiger partial charge in [0.2, 0.25) is 0 Å². The van der Waals surface area contributed by atoms with Crippen LogP contribution >= 0.6 is 0 Å². The fourth-order valence-corrected chi connectivity index (χ4v) is 10.1. The first-order chi connectivity index (χ1) is 30.0. The van der Waals surface area contributed by atoms with E-state index in [0.717, 1.165) is 39.0 Å². The monoisotopic (exact) mass is 779 g/mol. The highest BCUT2D eigenvalue weighted by molar-refractivity contribution is 6.19. The lowest BCUT2D eigenvalue weighted by Gasteiger charge is -2.26. The lowest BCUT2D eigenvalue weighted by Crippen LogP contribution is -2.14. The number of hydrogen-bond acceptors (Lipinski definition) is 2. The molecule has 1 aliphatic carbocycles. The largest absolute Gasteiger partial charge is 0.456 e. The number of para-hydroxylation sites is 1. The Bertz CT molecular complexity index is 3480. The highest BCUT2D eigenvalue weighted by Crippen LogP contribution is 2.52. The van der Waals surface area contributed by atoms with Crippen molar-refractivity contribution in [3.63, 3.8) is 0 Å². The third-order valence-electron chi connectivity index (χ3n) is 13.1. The third kappa shape index (κ3) is 5.56. The van der Waals surface area contributed by atoms with Crippen molar-refractivity contribution in [2.75, 3.05) is 4.90 Å². The van der Waals surface area contributed by atoms with Crippen LogP contribution in [0.2, 0.25) is 0 Å². The molecule has 2 nitrogen and oxygen atoms in total. The summed E-state index contributed by atoms with van der Waals surface area (Å²) in [5.41, 5.74) is 17.8. The van der Waals surface area contributed by atoms with Crippen LogP contribution in [-0.4, -0.2) is 0 Å². The molecule has 0 saturated heterocycles. The van der Waals surface area contributed by atoms with E-state index in [1.54, 1.807) is 0 Å². The van der Waals surface area contributed by atoms with Crippen LogP contribution in [-0.2, 0) is 5.41 Å². The van der Waals surface area contributed by atoms with Crippen LogP contribution in [0.25, 0.3) is 88.0 Å². The topological polar surface area (TPSA) is 16.4 Å². The zero-order valence-corrected chi connectivity index (χ0v) is 34.1. The molecule has 0 atom stereocenters. The van der Waals surface area contributed by atoms with Crippen LogP contribution in [0.4, 0.5) is 17.1 Å². The summed E-state index contributed by atoms with van der Waals surface area (Å²) in [5, 5.41) is 7.12. The zero-order chi connectivity index (χ0) is 40.7. The van der Waals surface area contributed by atoms with Crippen LogP contribution in [0.5, 0.6) is 0 Å². The minimum absolute atomic E-state index is 0.0538. The Morgan fingerprint density at radius 2 is 0.918 bits per heavy atom. The Labute approximate surface area is 355 Å². The minimum atomic E-state index is -0.0538. The summed E-state index contributed by atoms with van der Waals surface area (Å²) < 4.78 is 6.36. The zero-order valence-electron chi connectivity index (χ0n) is 34.1. The molecule has 0 amide bonds. The van der Waals surface area contributed by atoms with Crippen LogP contribution in [0.15, 0.2) is 217 Å². The van der Waals surface area contributed by atoms with Crippen molar-refractivity contribution in [1.29, 1.82) is 0 Å². The molecular weight excluding hydrogens is 739 g/mol. The number of anilines is 3. The lowest BCUT2D eigenvalue weighted by atomic mass is 9.82. The maximum absolute atomic E-state index is 6.36. The number of rotatable bonds is 6. The van der Waals surface area contributed by atoms with Gasteiger partial charge in [-0.3, -0.25) is 0 Å². The van der Waals surface area contributed by atoms with Crippen molar-refractivity contribution in [1.82, 2.24) is 0 Å². The molecule has 2 heteroatoms. The summed E-state index contributed by atoms with van der Waals surface area (Å²) >= 11 is 0. The minimum Gasteiger partial charge on any atom is -0.456 e. The number of benzene rings is 10. The average molecular weight is 780 g/mol. The van der Waals surface area contributed by atoms with Gasteiger partial charge >= 0.3 is 0 Å². The first-order valence-electron chi connectivity index (χ1n) is 21.2. The van der Waals surface area contributed by atoms with Crippen LogP contribution in [0, 0.1) is 0 Å². The Hall–Kier alpha value is -7.68. The SMILES string of the molecule is CC1(C)c2ccccc2-c2c(-c3ccc(N(c4ccc(-c5cccc6cccc(-c7ccccc7)c56)cc4)c4ccc5ccc6oc7ccccc7c6c5c4)cc3)cccc21. The molecule has 0 unspecified atom stereocenters. The van der Waals surface area contributed by atoms with E-state index in [2.05, 4.69) is 225 Å². The van der Waals surface area contributed by atoms with Crippen LogP contribution < -0.4 is 4.90 Å². The van der Waals surface area contributed by atoms with E-state index in [-0.39, 0.29) is 5.41 Å². The molecule has 1 aliphatic rings. The van der Waals surface area contributed by atoms with Crippen molar-refractivity contribution in [3.8, 4) is 44.5 Å². The van der Waals surface area contributed by atoms with Gasteiger partial charge in [-0.1, -0.05) is 178 Å². The highest BCUT2D eigenvalue weighted by Gasteiger charge is 2.36. The smallest absolute Gasteiger partial charge is 0.136 e. The Morgan fingerprint density at radius 3 is 1.67 bits per heavy atom. The Morgan fingerprint density at radius 1 is 0.361 bits per heavy atom. The predicted molar refractivity (Wildman–Crippen MR) is 257 cm³/mol. The first kappa shape index (κ1) is 35.3. The molecule has 0 saturated carbocycles. The van der Waals surface area contributed by atoms with Gasteiger partial charge in [-0.15, -0.1) is 0 Å². The second-order valence-corrected chi connectivity index (χ2v) is 16.8. The molecule has 1 aromatic heterocycles. The molecule has 1 heterocycles. The molecule has 11 aromatic rings. The van der Waals surface area contributed by atoms with E-state index in [1.807, 2.05) is 6.07 Å². The van der Waals surface area contributed by atoms with Gasteiger partial charge in [0, 0.05) is 33.2 Å². The molecule has 10 aromatic carbocycles. The van der Waals surface area contributed by atoms with Crippen molar-refractivity contribution in [2.45, 2.75) is 19.3 Å². The van der Waals surface area contributed by atoms with Crippen molar-refractivity contribution < 1.29 is 4.42 Å². The molecule has 61 heavy (non-hydrogen) atoms. The van der Waals surface area contributed by atoms with Gasteiger partial charge in [0.05, 0.1) is 0 Å². The standard InChI is InChI=1S/C59H41NO/c1-59(2)52-22-8-6-17-49(52)57-48(21-12-23-53(57)59)40-27-33-44(34-28-40)60(45-35-29-41-30-36-55-58(51(41)37-45)50-18-7-9-24-54(50)61-55)43-31-25-39(26-32-43)47-20-11-16-42-15-10-19-46(56(42)47)38-13-4-3-5-14-38/h3-37H,1-2H3. The lowest BCUT2D eigenvalue weighted by molar-refractivity contribution is 0.660. The van der Waals surface area contributed by atoms with Gasteiger partial charge in [-0.2, -0.15) is 0 Å². The van der Waals surface area contributed by atoms with Crippen molar-refractivity contribution >= 4 is 60.5 Å². The third-order valence-corrected chi connectivity index (χ3v) is 13.1. The Balaban J connectivity index is 1.01. The molecular formula is C59H41NO.